The summed E-state index contributed by atoms with van der Waals surface area (Å²) in [6, 6.07) is 0. The molecule has 0 radical (unpaired) electrons. The van der Waals surface area contributed by atoms with E-state index in [4.69, 9.17) is 14.2 Å². The van der Waals surface area contributed by atoms with E-state index in [1.165, 1.54) is 0 Å². The average Bonchev–Trinajstić information content (AvgIpc) is 2.41. The molecule has 0 aromatic rings. The van der Waals surface area contributed by atoms with Gasteiger partial charge in [0.15, 0.2) is 0 Å². The number of ether oxygens (including phenoxy) is 3. The zero-order valence-corrected chi connectivity index (χ0v) is 17.0. The smallest absolute Gasteiger partial charge is 0.309 e. The van der Waals surface area contributed by atoms with Gasteiger partial charge >= 0.3 is 17.9 Å². The van der Waals surface area contributed by atoms with E-state index in [-0.39, 0.29) is 24.2 Å². The van der Waals surface area contributed by atoms with Gasteiger partial charge in [-0.2, -0.15) is 0 Å². The van der Waals surface area contributed by atoms with Crippen LogP contribution in [0.2, 0.25) is 0 Å². The Morgan fingerprint density at radius 2 is 1.36 bits per heavy atom. The Labute approximate surface area is 151 Å². The highest BCUT2D eigenvalue weighted by molar-refractivity contribution is 5.80. The van der Waals surface area contributed by atoms with E-state index in [0.717, 1.165) is 0 Å². The molecule has 0 aromatic heterocycles. The van der Waals surface area contributed by atoms with Crippen LogP contribution in [0.3, 0.4) is 0 Å². The first-order valence-electron chi connectivity index (χ1n) is 8.87. The molecule has 0 bridgehead atoms. The van der Waals surface area contributed by atoms with E-state index < -0.39 is 35.7 Å². The molecule has 0 aliphatic carbocycles. The molecule has 0 heterocycles. The van der Waals surface area contributed by atoms with Crippen molar-refractivity contribution in [2.24, 2.45) is 17.8 Å². The van der Waals surface area contributed by atoms with Gasteiger partial charge in [0.05, 0.1) is 18.3 Å². The van der Waals surface area contributed by atoms with Crippen LogP contribution in [0.4, 0.5) is 0 Å². The minimum atomic E-state index is -0.633. The summed E-state index contributed by atoms with van der Waals surface area (Å²) in [5.74, 6) is -2.18. The third-order valence-corrected chi connectivity index (χ3v) is 3.44. The van der Waals surface area contributed by atoms with Crippen molar-refractivity contribution < 1.29 is 28.6 Å². The van der Waals surface area contributed by atoms with Gasteiger partial charge in [0.2, 0.25) is 0 Å². The highest BCUT2D eigenvalue weighted by Crippen LogP contribution is 2.19. The Morgan fingerprint density at radius 1 is 0.840 bits per heavy atom. The van der Waals surface area contributed by atoms with Gasteiger partial charge in [-0.15, -0.1) is 0 Å². The van der Waals surface area contributed by atoms with Crippen LogP contribution in [0.1, 0.15) is 68.7 Å². The molecule has 0 aliphatic heterocycles. The zero-order chi connectivity index (χ0) is 19.9. The second-order valence-electron chi connectivity index (χ2n) is 8.13. The van der Waals surface area contributed by atoms with Crippen LogP contribution in [0.25, 0.3) is 0 Å². The Bertz CT molecular complexity index is 461. The van der Waals surface area contributed by atoms with Crippen molar-refractivity contribution >= 4 is 17.9 Å². The van der Waals surface area contributed by atoms with Crippen LogP contribution in [0, 0.1) is 17.8 Å². The van der Waals surface area contributed by atoms with Gasteiger partial charge in [0.1, 0.15) is 17.8 Å². The van der Waals surface area contributed by atoms with Crippen molar-refractivity contribution in [3.05, 3.63) is 0 Å². The molecule has 0 saturated heterocycles. The van der Waals surface area contributed by atoms with Gasteiger partial charge in [0, 0.05) is 0 Å². The largest absolute Gasteiger partial charge is 0.460 e. The number of carbonyl (C=O) groups excluding carboxylic acids is 3. The molecule has 0 aromatic carbocycles. The quantitative estimate of drug-likeness (QED) is 0.488. The van der Waals surface area contributed by atoms with E-state index in [1.807, 2.05) is 13.8 Å². The second-order valence-corrected chi connectivity index (χ2v) is 8.13. The lowest BCUT2D eigenvalue weighted by molar-refractivity contribution is -0.176. The minimum Gasteiger partial charge on any atom is -0.460 e. The Balaban J connectivity index is 4.72. The number of rotatable bonds is 8. The van der Waals surface area contributed by atoms with E-state index in [1.54, 1.807) is 48.5 Å². The van der Waals surface area contributed by atoms with Gasteiger partial charge in [-0.25, -0.2) is 0 Å². The maximum absolute atomic E-state index is 12.2. The first kappa shape index (κ1) is 23.4. The van der Waals surface area contributed by atoms with E-state index >= 15 is 0 Å². The highest BCUT2D eigenvalue weighted by Gasteiger charge is 2.31. The lowest BCUT2D eigenvalue weighted by Crippen LogP contribution is -2.39. The zero-order valence-electron chi connectivity index (χ0n) is 17.0. The molecule has 6 heteroatoms. The summed E-state index contributed by atoms with van der Waals surface area (Å²) >= 11 is 0. The summed E-state index contributed by atoms with van der Waals surface area (Å²) < 4.78 is 16.1. The fourth-order valence-corrected chi connectivity index (χ4v) is 2.13. The fourth-order valence-electron chi connectivity index (χ4n) is 2.13. The number of hydrogen-bond donors (Lipinski definition) is 0. The molecular weight excluding hydrogens is 324 g/mol. The van der Waals surface area contributed by atoms with Crippen molar-refractivity contribution in [1.82, 2.24) is 0 Å². The molecule has 146 valence electrons. The second kappa shape index (κ2) is 9.78. The molecule has 0 N–H and O–H groups in total. The molecule has 0 rings (SSSR count). The summed E-state index contributed by atoms with van der Waals surface area (Å²) in [5, 5.41) is 0. The third-order valence-electron chi connectivity index (χ3n) is 3.44. The molecule has 0 amide bonds. The topological polar surface area (TPSA) is 78.9 Å². The lowest BCUT2D eigenvalue weighted by atomic mass is 10.0. The van der Waals surface area contributed by atoms with Gasteiger partial charge < -0.3 is 14.2 Å². The number of hydrogen-bond acceptors (Lipinski definition) is 6. The molecule has 0 fully saturated rings. The molecule has 6 nitrogen and oxygen atoms in total. The number of esters is 3. The summed E-state index contributed by atoms with van der Waals surface area (Å²) in [6.07, 6.45) is -1.19. The third kappa shape index (κ3) is 9.46. The molecule has 0 spiro atoms. The Morgan fingerprint density at radius 3 is 1.76 bits per heavy atom. The standard InChI is InChI=1S/C19H34O6/c1-11(2)16(24-17(21)12(3)4)14(6)23-18(22)13(5)10-15(20)25-19(7,8)9/h11-14,16H,10H2,1-9H3/t13-,14+,16-/m1/s1. The maximum Gasteiger partial charge on any atom is 0.309 e. The molecule has 0 unspecified atom stereocenters. The van der Waals surface area contributed by atoms with E-state index in [2.05, 4.69) is 0 Å². The normalized spacial score (nSPS) is 15.5. The van der Waals surface area contributed by atoms with Crippen LogP contribution < -0.4 is 0 Å². The fraction of sp³-hybridized carbons (Fsp3) is 0.842. The van der Waals surface area contributed by atoms with Crippen LogP contribution in [-0.4, -0.2) is 35.7 Å². The highest BCUT2D eigenvalue weighted by atomic mass is 16.6. The van der Waals surface area contributed by atoms with E-state index in [0.29, 0.717) is 0 Å². The van der Waals surface area contributed by atoms with Crippen molar-refractivity contribution in [2.75, 3.05) is 0 Å². The summed E-state index contributed by atoms with van der Waals surface area (Å²) in [7, 11) is 0. The lowest BCUT2D eigenvalue weighted by Gasteiger charge is -2.28. The summed E-state index contributed by atoms with van der Waals surface area (Å²) in [6.45, 7) is 15.9. The molecule has 0 aliphatic rings. The van der Waals surface area contributed by atoms with Gasteiger partial charge in [-0.3, -0.25) is 14.4 Å². The molecule has 3 atom stereocenters. The Hall–Kier alpha value is -1.59. The first-order chi connectivity index (χ1) is 11.2. The van der Waals surface area contributed by atoms with Crippen LogP contribution in [0.15, 0.2) is 0 Å². The van der Waals surface area contributed by atoms with E-state index in [9.17, 15) is 14.4 Å². The van der Waals surface area contributed by atoms with Crippen molar-refractivity contribution in [3.8, 4) is 0 Å². The SMILES string of the molecule is CC(C)C(=O)O[C@H](C(C)C)[C@H](C)OC(=O)[C@H](C)CC(=O)OC(C)(C)C. The van der Waals surface area contributed by atoms with Gasteiger partial charge in [0.25, 0.3) is 0 Å². The molecule has 25 heavy (non-hydrogen) atoms. The number of carbonyl (C=O) groups is 3. The predicted octanol–water partition coefficient (Wildman–Crippen LogP) is 3.51. The average molecular weight is 358 g/mol. The van der Waals surface area contributed by atoms with Crippen LogP contribution in [0.5, 0.6) is 0 Å². The Kier molecular flexibility index (Phi) is 9.16. The molecular formula is C19H34O6. The summed E-state index contributed by atoms with van der Waals surface area (Å²) in [5.41, 5.74) is -0.595. The summed E-state index contributed by atoms with van der Waals surface area (Å²) in [4.78, 5) is 35.9. The maximum atomic E-state index is 12.2. The monoisotopic (exact) mass is 358 g/mol. The van der Waals surface area contributed by atoms with Crippen molar-refractivity contribution in [3.63, 3.8) is 0 Å². The molecule has 0 saturated carbocycles. The first-order valence-corrected chi connectivity index (χ1v) is 8.87. The predicted molar refractivity (Wildman–Crippen MR) is 94.7 cm³/mol. The van der Waals surface area contributed by atoms with Crippen LogP contribution >= 0.6 is 0 Å². The minimum absolute atomic E-state index is 0.00772. The van der Waals surface area contributed by atoms with Gasteiger partial charge in [-0.05, 0) is 33.6 Å². The van der Waals surface area contributed by atoms with Gasteiger partial charge in [-0.1, -0.05) is 34.6 Å². The van der Waals surface area contributed by atoms with Crippen LogP contribution in [-0.2, 0) is 28.6 Å². The van der Waals surface area contributed by atoms with Crippen molar-refractivity contribution in [1.29, 1.82) is 0 Å². The van der Waals surface area contributed by atoms with Crippen molar-refractivity contribution in [2.45, 2.75) is 86.5 Å².